The van der Waals surface area contributed by atoms with Crippen molar-refractivity contribution in [3.8, 4) is 17.0 Å². The maximum Gasteiger partial charge on any atom is 0.287 e. The molecule has 1 aliphatic heterocycles. The van der Waals surface area contributed by atoms with Crippen LogP contribution in [0.3, 0.4) is 0 Å². The zero-order chi connectivity index (χ0) is 18.1. The Bertz CT molecular complexity index is 1080. The molecule has 128 valence electrons. The number of aromatic nitrogens is 2. The molecule has 0 bridgehead atoms. The summed E-state index contributed by atoms with van der Waals surface area (Å²) >= 11 is 0. The quantitative estimate of drug-likeness (QED) is 0.625. The van der Waals surface area contributed by atoms with Crippen molar-refractivity contribution < 1.29 is 9.30 Å². The number of fused-ring (bicyclic) bond motifs is 2. The second-order valence-corrected chi connectivity index (χ2v) is 6.37. The third kappa shape index (κ3) is 2.80. The molecule has 1 aliphatic rings. The fourth-order valence-electron chi connectivity index (χ4n) is 3.32. The first kappa shape index (κ1) is 16.2. The summed E-state index contributed by atoms with van der Waals surface area (Å²) in [5.41, 5.74) is 5.32. The van der Waals surface area contributed by atoms with E-state index >= 15 is 0 Å². The molecule has 0 fully saturated rings. The van der Waals surface area contributed by atoms with Crippen molar-refractivity contribution in [3.05, 3.63) is 78.5 Å². The minimum atomic E-state index is 0.380. The Balaban J connectivity index is 2.06. The summed E-state index contributed by atoms with van der Waals surface area (Å²) in [6.45, 7) is 6.03. The molecule has 2 heterocycles. The summed E-state index contributed by atoms with van der Waals surface area (Å²) < 4.78 is 8.17. The van der Waals surface area contributed by atoms with Crippen LogP contribution in [0.15, 0.2) is 72.3 Å². The van der Waals surface area contributed by atoms with Crippen LogP contribution in [0.25, 0.3) is 22.2 Å². The number of benzene rings is 2. The van der Waals surface area contributed by atoms with Gasteiger partial charge in [0, 0.05) is 6.21 Å². The normalized spacial score (nSPS) is 16.2. The Morgan fingerprint density at radius 1 is 1.15 bits per heavy atom. The smallest absolute Gasteiger partial charge is 0.287 e. The van der Waals surface area contributed by atoms with E-state index in [0.717, 1.165) is 45.5 Å². The van der Waals surface area contributed by atoms with Crippen LogP contribution in [0.4, 0.5) is 0 Å². The molecule has 0 radical (unpaired) electrons. The Morgan fingerprint density at radius 3 is 2.88 bits per heavy atom. The van der Waals surface area contributed by atoms with Crippen LogP contribution in [0.1, 0.15) is 11.1 Å². The average molecular weight is 342 g/mol. The molecule has 0 saturated heterocycles. The van der Waals surface area contributed by atoms with Crippen molar-refractivity contribution >= 4 is 17.1 Å². The summed E-state index contributed by atoms with van der Waals surface area (Å²) in [4.78, 5) is 8.79. The van der Waals surface area contributed by atoms with Crippen molar-refractivity contribution in [2.45, 2.75) is 13.3 Å². The number of aliphatic imine (C=N–C) groups is 1. The van der Waals surface area contributed by atoms with Gasteiger partial charge >= 0.3 is 0 Å². The number of nitrogens with zero attached hydrogens (tertiary/aromatic N) is 3. The molecular formula is C22H20N3O+. The summed E-state index contributed by atoms with van der Waals surface area (Å²) in [6.07, 6.45) is 8.33. The largest absolute Gasteiger partial charge is 0.439 e. The lowest BCUT2D eigenvalue weighted by Crippen LogP contribution is -2.32. The second-order valence-electron chi connectivity index (χ2n) is 6.37. The molecule has 0 atom stereocenters. The number of aryl methyl sites for hydroxylation is 2. The van der Waals surface area contributed by atoms with Gasteiger partial charge in [-0.1, -0.05) is 30.3 Å². The summed E-state index contributed by atoms with van der Waals surface area (Å²) in [5.74, 6) is 1.19. The number of hydrogen-bond acceptors (Lipinski definition) is 3. The van der Waals surface area contributed by atoms with Gasteiger partial charge in [0.25, 0.3) is 6.33 Å². The fraction of sp³-hybridized carbons (Fsp3) is 0.136. The number of ether oxygens (including phenoxy) is 1. The van der Waals surface area contributed by atoms with E-state index in [-0.39, 0.29) is 0 Å². The van der Waals surface area contributed by atoms with Crippen LogP contribution < -0.4 is 9.30 Å². The van der Waals surface area contributed by atoms with Crippen molar-refractivity contribution in [3.63, 3.8) is 0 Å². The topological polar surface area (TPSA) is 38.4 Å². The number of allylic oxidation sites excluding steroid dienone is 2. The Kier molecular flexibility index (Phi) is 4.09. The van der Waals surface area contributed by atoms with Crippen LogP contribution in [0.2, 0.25) is 0 Å². The second kappa shape index (κ2) is 6.56. The van der Waals surface area contributed by atoms with Gasteiger partial charge in [0.05, 0.1) is 18.0 Å². The van der Waals surface area contributed by atoms with Gasteiger partial charge in [-0.2, -0.15) is 0 Å². The molecule has 0 spiro atoms. The van der Waals surface area contributed by atoms with Crippen LogP contribution >= 0.6 is 0 Å². The van der Waals surface area contributed by atoms with E-state index in [1.54, 1.807) is 6.21 Å². The third-order valence-electron chi connectivity index (χ3n) is 4.56. The first-order chi connectivity index (χ1) is 12.6. The van der Waals surface area contributed by atoms with Gasteiger partial charge in [0.15, 0.2) is 5.52 Å². The highest BCUT2D eigenvalue weighted by atomic mass is 16.5. The molecule has 26 heavy (non-hydrogen) atoms. The van der Waals surface area contributed by atoms with E-state index in [4.69, 9.17) is 4.74 Å². The molecule has 2 aromatic carbocycles. The van der Waals surface area contributed by atoms with Crippen molar-refractivity contribution in [2.75, 3.05) is 0 Å². The minimum Gasteiger partial charge on any atom is -0.439 e. The standard InChI is InChI=1S/C22H20N3O/c1-15-11-12-17-8-6-7-13-23-16(2)26-22(17)20(15)21-18-9-4-5-10-19(18)24-14-25(21)3/h4-7,9-14H,2,8H2,1,3H3/q+1/b7-6-,23-13-. The number of para-hydroxylation sites is 1. The Morgan fingerprint density at radius 2 is 2.00 bits per heavy atom. The summed E-state index contributed by atoms with van der Waals surface area (Å²) in [7, 11) is 2.01. The van der Waals surface area contributed by atoms with Crippen LogP contribution in [0, 0.1) is 6.92 Å². The molecule has 3 aromatic rings. The first-order valence-corrected chi connectivity index (χ1v) is 8.57. The van der Waals surface area contributed by atoms with Gasteiger partial charge in [-0.25, -0.2) is 9.56 Å². The van der Waals surface area contributed by atoms with E-state index in [1.807, 2.05) is 42.2 Å². The minimum absolute atomic E-state index is 0.380. The van der Waals surface area contributed by atoms with Crippen molar-refractivity contribution in [1.29, 1.82) is 0 Å². The zero-order valence-corrected chi connectivity index (χ0v) is 14.9. The zero-order valence-electron chi connectivity index (χ0n) is 14.9. The van der Waals surface area contributed by atoms with Gasteiger partial charge in [-0.05, 0) is 54.2 Å². The molecule has 4 nitrogen and oxygen atoms in total. The Labute approximate surface area is 152 Å². The average Bonchev–Trinajstić information content (AvgIpc) is 2.73. The van der Waals surface area contributed by atoms with Gasteiger partial charge in [0.1, 0.15) is 11.4 Å². The first-order valence-electron chi connectivity index (χ1n) is 8.57. The van der Waals surface area contributed by atoms with Gasteiger partial charge in [-0.3, -0.25) is 0 Å². The SMILES string of the molecule is C=C1/N=C\C=C/Cc2ccc(C)c(-c3c4ccccc4nc[n+]3C)c2O1. The molecule has 0 aliphatic carbocycles. The predicted molar refractivity (Wildman–Crippen MR) is 104 cm³/mol. The van der Waals surface area contributed by atoms with Gasteiger partial charge in [0.2, 0.25) is 5.88 Å². The molecule has 0 N–H and O–H groups in total. The van der Waals surface area contributed by atoms with Crippen molar-refractivity contribution in [2.24, 2.45) is 12.0 Å². The van der Waals surface area contributed by atoms with Crippen LogP contribution in [-0.4, -0.2) is 11.2 Å². The molecule has 1 aromatic heterocycles. The van der Waals surface area contributed by atoms with Crippen molar-refractivity contribution in [1.82, 2.24) is 4.98 Å². The lowest BCUT2D eigenvalue weighted by atomic mass is 9.96. The molecular weight excluding hydrogens is 322 g/mol. The number of rotatable bonds is 1. The molecule has 0 amide bonds. The molecule has 0 unspecified atom stereocenters. The highest BCUT2D eigenvalue weighted by Crippen LogP contribution is 2.39. The monoisotopic (exact) mass is 342 g/mol. The van der Waals surface area contributed by atoms with E-state index < -0.39 is 0 Å². The molecule has 4 rings (SSSR count). The highest BCUT2D eigenvalue weighted by Gasteiger charge is 2.23. The van der Waals surface area contributed by atoms with Crippen LogP contribution in [0.5, 0.6) is 5.75 Å². The lowest BCUT2D eigenvalue weighted by molar-refractivity contribution is -0.662. The van der Waals surface area contributed by atoms with Crippen LogP contribution in [-0.2, 0) is 13.5 Å². The third-order valence-corrected chi connectivity index (χ3v) is 4.56. The number of hydrogen-bond donors (Lipinski definition) is 0. The summed E-state index contributed by atoms with van der Waals surface area (Å²) in [6, 6.07) is 12.4. The summed E-state index contributed by atoms with van der Waals surface area (Å²) in [5, 5.41) is 1.09. The maximum absolute atomic E-state index is 6.12. The highest BCUT2D eigenvalue weighted by molar-refractivity contribution is 5.93. The van der Waals surface area contributed by atoms with Gasteiger partial charge < -0.3 is 4.74 Å². The van der Waals surface area contributed by atoms with E-state index in [9.17, 15) is 0 Å². The molecule has 4 heteroatoms. The van der Waals surface area contributed by atoms with E-state index in [1.165, 1.54) is 0 Å². The van der Waals surface area contributed by atoms with E-state index in [0.29, 0.717) is 5.88 Å². The van der Waals surface area contributed by atoms with E-state index in [2.05, 4.69) is 47.8 Å². The maximum atomic E-state index is 6.12. The lowest BCUT2D eigenvalue weighted by Gasteiger charge is -2.17. The Hall–Kier alpha value is -3.27. The van der Waals surface area contributed by atoms with Gasteiger partial charge in [-0.15, -0.1) is 0 Å². The predicted octanol–water partition coefficient (Wildman–Crippen LogP) is 4.07. The fourth-order valence-corrected chi connectivity index (χ4v) is 3.32. The molecule has 0 saturated carbocycles.